The van der Waals surface area contributed by atoms with Crippen LogP contribution in [0.15, 0.2) is 24.3 Å². The molecule has 0 amide bonds. The number of alkyl halides is 1. The smallest absolute Gasteiger partial charge is 0.312 e. The third kappa shape index (κ3) is 2.95. The zero-order valence-corrected chi connectivity index (χ0v) is 11.1. The molecule has 0 bridgehead atoms. The molecule has 90 valence electrons. The minimum Gasteiger partial charge on any atom is -0.481 e. The molecule has 0 heterocycles. The van der Waals surface area contributed by atoms with Crippen molar-refractivity contribution in [2.75, 3.05) is 0 Å². The third-order valence-corrected chi connectivity index (χ3v) is 4.06. The Kier molecular flexibility index (Phi) is 4.33. The Balaban J connectivity index is 2.84. The van der Waals surface area contributed by atoms with Crippen LogP contribution in [0.25, 0.3) is 0 Å². The van der Waals surface area contributed by atoms with Gasteiger partial charge in [-0.2, -0.15) is 0 Å². The van der Waals surface area contributed by atoms with Crippen LogP contribution in [-0.4, -0.2) is 21.4 Å². The number of nitrogens with two attached hydrogens (primary N) is 1. The van der Waals surface area contributed by atoms with Gasteiger partial charge in [0.2, 0.25) is 0 Å². The molecule has 3 N–H and O–H groups in total. The number of halogens is 1. The maximum absolute atomic E-state index is 11.2. The van der Waals surface area contributed by atoms with Crippen molar-refractivity contribution in [3.05, 3.63) is 24.3 Å². The molecule has 3 unspecified atom stereocenters. The van der Waals surface area contributed by atoms with Crippen molar-refractivity contribution in [3.63, 3.8) is 0 Å². The molecule has 0 aromatic heterocycles. The lowest BCUT2D eigenvalue weighted by atomic mass is 9.81. The largest absolute Gasteiger partial charge is 0.481 e. The molecule has 4 heteroatoms. The topological polar surface area (TPSA) is 63.3 Å². The molecule has 3 nitrogen and oxygen atoms in total. The number of carboxylic acids is 1. The lowest BCUT2D eigenvalue weighted by Gasteiger charge is -2.34. The summed E-state index contributed by atoms with van der Waals surface area (Å²) >= 11 is 3.53. The number of hydrogen-bond acceptors (Lipinski definition) is 2. The molecule has 0 fully saturated rings. The fraction of sp³-hybridized carbons (Fsp3) is 0.583. The summed E-state index contributed by atoms with van der Waals surface area (Å²) in [5, 5.41) is 9.17. The van der Waals surface area contributed by atoms with Crippen molar-refractivity contribution in [1.82, 2.24) is 0 Å². The van der Waals surface area contributed by atoms with E-state index in [9.17, 15) is 4.79 Å². The minimum absolute atomic E-state index is 0.0163. The zero-order valence-electron chi connectivity index (χ0n) is 9.56. The van der Waals surface area contributed by atoms with E-state index in [4.69, 9.17) is 10.8 Å². The lowest BCUT2D eigenvalue weighted by molar-refractivity contribution is -0.140. The molecule has 0 spiro atoms. The maximum Gasteiger partial charge on any atom is 0.312 e. The van der Waals surface area contributed by atoms with Crippen LogP contribution in [0.1, 0.15) is 20.3 Å². The average molecular weight is 288 g/mol. The summed E-state index contributed by atoms with van der Waals surface area (Å²) in [5.41, 5.74) is 6.01. The van der Waals surface area contributed by atoms with Gasteiger partial charge in [0, 0.05) is 6.04 Å². The number of allylic oxidation sites excluding steroid dienone is 3. The van der Waals surface area contributed by atoms with Gasteiger partial charge in [0.25, 0.3) is 0 Å². The average Bonchev–Trinajstić information content (AvgIpc) is 2.16. The summed E-state index contributed by atoms with van der Waals surface area (Å²) < 4.78 is -0.558. The quantitative estimate of drug-likeness (QED) is 0.780. The van der Waals surface area contributed by atoms with Crippen molar-refractivity contribution in [1.29, 1.82) is 0 Å². The van der Waals surface area contributed by atoms with Crippen LogP contribution >= 0.6 is 15.9 Å². The van der Waals surface area contributed by atoms with E-state index in [1.807, 2.05) is 26.0 Å². The monoisotopic (exact) mass is 287 g/mol. The second-order valence-electron chi connectivity index (χ2n) is 4.60. The van der Waals surface area contributed by atoms with Gasteiger partial charge in [-0.1, -0.05) is 54.1 Å². The number of carbonyl (C=O) groups is 1. The van der Waals surface area contributed by atoms with E-state index < -0.39 is 16.2 Å². The van der Waals surface area contributed by atoms with Gasteiger partial charge >= 0.3 is 5.97 Å². The molecule has 1 rings (SSSR count). The Labute approximate surface area is 105 Å². The molecule has 0 radical (unpaired) electrons. The predicted octanol–water partition coefficient (Wildman–Crippen LogP) is 2.32. The number of aliphatic carboxylic acids is 1. The molecule has 0 saturated heterocycles. The van der Waals surface area contributed by atoms with Crippen LogP contribution in [0, 0.1) is 11.8 Å². The number of hydrogen-bond donors (Lipinski definition) is 2. The standard InChI is InChI=1S/C12H18BrNO2/c1-8(2)10(14)7-12(13)6-4-3-5-9(12)11(15)16/h3-6,8-10H,7,14H2,1-2H3,(H,15,16). The second-order valence-corrected chi connectivity index (χ2v) is 6.08. The van der Waals surface area contributed by atoms with Gasteiger partial charge < -0.3 is 10.8 Å². The van der Waals surface area contributed by atoms with Crippen LogP contribution in [0.5, 0.6) is 0 Å². The zero-order chi connectivity index (χ0) is 12.3. The van der Waals surface area contributed by atoms with Crippen molar-refractivity contribution >= 4 is 21.9 Å². The highest BCUT2D eigenvalue weighted by atomic mass is 79.9. The molecule has 0 aromatic carbocycles. The highest BCUT2D eigenvalue weighted by molar-refractivity contribution is 9.10. The minimum atomic E-state index is -0.826. The van der Waals surface area contributed by atoms with Gasteiger partial charge in [0.1, 0.15) is 0 Å². The van der Waals surface area contributed by atoms with Gasteiger partial charge in [-0.3, -0.25) is 4.79 Å². The van der Waals surface area contributed by atoms with Crippen LogP contribution < -0.4 is 5.73 Å². The van der Waals surface area contributed by atoms with E-state index in [0.29, 0.717) is 12.3 Å². The molecule has 1 aliphatic carbocycles. The van der Waals surface area contributed by atoms with Gasteiger partial charge in [0.15, 0.2) is 0 Å². The molecule has 3 atom stereocenters. The maximum atomic E-state index is 11.2. The lowest BCUT2D eigenvalue weighted by Crippen LogP contribution is -2.42. The van der Waals surface area contributed by atoms with Crippen molar-refractivity contribution < 1.29 is 9.90 Å². The van der Waals surface area contributed by atoms with Crippen LogP contribution in [0.4, 0.5) is 0 Å². The summed E-state index contributed by atoms with van der Waals surface area (Å²) in [5.74, 6) is -1.04. The Morgan fingerprint density at radius 3 is 2.69 bits per heavy atom. The highest BCUT2D eigenvalue weighted by Gasteiger charge is 2.40. The highest BCUT2D eigenvalue weighted by Crippen LogP contribution is 2.38. The van der Waals surface area contributed by atoms with Crippen molar-refractivity contribution in [3.8, 4) is 0 Å². The number of rotatable bonds is 4. The van der Waals surface area contributed by atoms with E-state index in [1.165, 1.54) is 0 Å². The Hall–Kier alpha value is -0.610. The SMILES string of the molecule is CC(C)C(N)CC1(Br)C=CC=CC1C(=O)O. The van der Waals surface area contributed by atoms with E-state index in [1.54, 1.807) is 12.2 Å². The first-order valence-corrected chi connectivity index (χ1v) is 6.19. The van der Waals surface area contributed by atoms with Gasteiger partial charge in [-0.05, 0) is 12.3 Å². The van der Waals surface area contributed by atoms with E-state index >= 15 is 0 Å². The molecule has 0 aliphatic heterocycles. The van der Waals surface area contributed by atoms with Gasteiger partial charge in [-0.25, -0.2) is 0 Å². The Bertz CT molecular complexity index is 325. The number of carboxylic acid groups (broad SMARTS) is 1. The molecule has 0 saturated carbocycles. The molecule has 0 aromatic rings. The predicted molar refractivity (Wildman–Crippen MR) is 68.5 cm³/mol. The Morgan fingerprint density at radius 1 is 1.56 bits per heavy atom. The molecule has 16 heavy (non-hydrogen) atoms. The van der Waals surface area contributed by atoms with Crippen molar-refractivity contribution in [2.24, 2.45) is 17.6 Å². The summed E-state index contributed by atoms with van der Waals surface area (Å²) in [4.78, 5) is 11.2. The first kappa shape index (κ1) is 13.5. The van der Waals surface area contributed by atoms with E-state index in [0.717, 1.165) is 0 Å². The van der Waals surface area contributed by atoms with Gasteiger partial charge in [-0.15, -0.1) is 0 Å². The van der Waals surface area contributed by atoms with E-state index in [2.05, 4.69) is 15.9 Å². The van der Waals surface area contributed by atoms with Crippen LogP contribution in [0.3, 0.4) is 0 Å². The summed E-state index contributed by atoms with van der Waals surface area (Å²) in [6.07, 6.45) is 7.82. The summed E-state index contributed by atoms with van der Waals surface area (Å²) in [6.45, 7) is 4.08. The fourth-order valence-corrected chi connectivity index (χ4v) is 2.61. The summed E-state index contributed by atoms with van der Waals surface area (Å²) in [7, 11) is 0. The van der Waals surface area contributed by atoms with Crippen molar-refractivity contribution in [2.45, 2.75) is 30.6 Å². The van der Waals surface area contributed by atoms with Crippen LogP contribution in [0.2, 0.25) is 0 Å². The van der Waals surface area contributed by atoms with Crippen LogP contribution in [-0.2, 0) is 4.79 Å². The summed E-state index contributed by atoms with van der Waals surface area (Å²) in [6, 6.07) is -0.0163. The first-order valence-electron chi connectivity index (χ1n) is 5.40. The normalized spacial score (nSPS) is 30.7. The Morgan fingerprint density at radius 2 is 2.19 bits per heavy atom. The molecule has 1 aliphatic rings. The fourth-order valence-electron chi connectivity index (χ4n) is 1.73. The first-order chi connectivity index (χ1) is 7.37. The molecular weight excluding hydrogens is 270 g/mol. The van der Waals surface area contributed by atoms with Gasteiger partial charge in [0.05, 0.1) is 10.2 Å². The second kappa shape index (κ2) is 5.15. The van der Waals surface area contributed by atoms with E-state index in [-0.39, 0.29) is 6.04 Å². The third-order valence-electron chi connectivity index (χ3n) is 2.98. The molecular formula is C12H18BrNO2.